The standard InChI is InChI=1S/C21H40O4/c1-2-3-4-5-6-7-8-9-10-11-12-13-14-15-20(18-21(23)24)16-17-25-19-22/h19-20H,2-18H2,1H3,(H,23,24). The Balaban J connectivity index is 3.41. The van der Waals surface area contributed by atoms with Crippen molar-refractivity contribution in [2.75, 3.05) is 6.61 Å². The van der Waals surface area contributed by atoms with Gasteiger partial charge >= 0.3 is 5.97 Å². The molecule has 0 radical (unpaired) electrons. The third-order valence-corrected chi connectivity index (χ3v) is 4.89. The summed E-state index contributed by atoms with van der Waals surface area (Å²) >= 11 is 0. The lowest BCUT2D eigenvalue weighted by Gasteiger charge is -2.13. The molecule has 25 heavy (non-hydrogen) atoms. The van der Waals surface area contributed by atoms with Crippen LogP contribution in [0.1, 0.15) is 110 Å². The van der Waals surface area contributed by atoms with Gasteiger partial charge in [-0.25, -0.2) is 0 Å². The molecule has 0 aliphatic rings. The highest BCUT2D eigenvalue weighted by Crippen LogP contribution is 2.19. The summed E-state index contributed by atoms with van der Waals surface area (Å²) in [5.41, 5.74) is 0. The largest absolute Gasteiger partial charge is 0.481 e. The molecule has 1 unspecified atom stereocenters. The van der Waals surface area contributed by atoms with E-state index in [1.54, 1.807) is 0 Å². The number of ether oxygens (including phenoxy) is 1. The van der Waals surface area contributed by atoms with Crippen molar-refractivity contribution in [1.82, 2.24) is 0 Å². The highest BCUT2D eigenvalue weighted by atomic mass is 16.5. The van der Waals surface area contributed by atoms with Gasteiger partial charge in [-0.15, -0.1) is 0 Å². The molecule has 0 aromatic rings. The smallest absolute Gasteiger partial charge is 0.303 e. The summed E-state index contributed by atoms with van der Waals surface area (Å²) in [7, 11) is 0. The fraction of sp³-hybridized carbons (Fsp3) is 0.905. The van der Waals surface area contributed by atoms with E-state index in [1.807, 2.05) is 0 Å². The molecule has 148 valence electrons. The number of aliphatic carboxylic acids is 1. The monoisotopic (exact) mass is 356 g/mol. The fourth-order valence-electron chi connectivity index (χ4n) is 3.33. The second kappa shape index (κ2) is 19.3. The van der Waals surface area contributed by atoms with Crippen molar-refractivity contribution in [1.29, 1.82) is 0 Å². The number of carboxylic acid groups (broad SMARTS) is 1. The van der Waals surface area contributed by atoms with Gasteiger partial charge < -0.3 is 9.84 Å². The molecule has 0 amide bonds. The Bertz CT molecular complexity index is 304. The van der Waals surface area contributed by atoms with Crippen LogP contribution in [0.4, 0.5) is 0 Å². The maximum absolute atomic E-state index is 10.9. The molecule has 0 aromatic carbocycles. The van der Waals surface area contributed by atoms with E-state index in [0.717, 1.165) is 12.8 Å². The van der Waals surface area contributed by atoms with E-state index in [-0.39, 0.29) is 12.3 Å². The van der Waals surface area contributed by atoms with Crippen molar-refractivity contribution in [2.45, 2.75) is 110 Å². The lowest BCUT2D eigenvalue weighted by Crippen LogP contribution is -2.10. The van der Waals surface area contributed by atoms with Gasteiger partial charge in [-0.3, -0.25) is 9.59 Å². The van der Waals surface area contributed by atoms with E-state index in [2.05, 4.69) is 6.92 Å². The number of hydrogen-bond donors (Lipinski definition) is 1. The average molecular weight is 357 g/mol. The first-order valence-electron chi connectivity index (χ1n) is 10.5. The third-order valence-electron chi connectivity index (χ3n) is 4.89. The number of carbonyl (C=O) groups excluding carboxylic acids is 1. The summed E-state index contributed by atoms with van der Waals surface area (Å²) in [5.74, 6) is -0.629. The van der Waals surface area contributed by atoms with Gasteiger partial charge in [0.15, 0.2) is 0 Å². The van der Waals surface area contributed by atoms with Crippen LogP contribution in [0, 0.1) is 5.92 Å². The number of unbranched alkanes of at least 4 members (excludes halogenated alkanes) is 12. The summed E-state index contributed by atoms with van der Waals surface area (Å²) < 4.78 is 4.69. The van der Waals surface area contributed by atoms with Crippen LogP contribution in [0.2, 0.25) is 0 Å². The van der Waals surface area contributed by atoms with Crippen LogP contribution in [0.5, 0.6) is 0 Å². The fourth-order valence-corrected chi connectivity index (χ4v) is 3.33. The van der Waals surface area contributed by atoms with Crippen molar-refractivity contribution in [3.05, 3.63) is 0 Å². The van der Waals surface area contributed by atoms with Crippen molar-refractivity contribution < 1.29 is 19.4 Å². The van der Waals surface area contributed by atoms with Crippen molar-refractivity contribution in [3.63, 3.8) is 0 Å². The average Bonchev–Trinajstić information content (AvgIpc) is 2.58. The highest BCUT2D eigenvalue weighted by Gasteiger charge is 2.13. The lowest BCUT2D eigenvalue weighted by atomic mass is 9.94. The topological polar surface area (TPSA) is 63.6 Å². The molecule has 0 spiro atoms. The number of hydrogen-bond acceptors (Lipinski definition) is 3. The molecule has 0 fully saturated rings. The summed E-state index contributed by atoms with van der Waals surface area (Å²) in [4.78, 5) is 21.0. The minimum absolute atomic E-state index is 0.130. The molecule has 0 saturated heterocycles. The number of carboxylic acids is 1. The second-order valence-corrected chi connectivity index (χ2v) is 7.25. The van der Waals surface area contributed by atoms with Crippen LogP contribution in [-0.2, 0) is 14.3 Å². The predicted octanol–water partition coefficient (Wildman–Crippen LogP) is 6.12. The lowest BCUT2D eigenvalue weighted by molar-refractivity contribution is -0.138. The maximum atomic E-state index is 10.9. The van der Waals surface area contributed by atoms with E-state index in [9.17, 15) is 9.59 Å². The summed E-state index contributed by atoms with van der Waals surface area (Å²) in [5, 5.41) is 8.93. The van der Waals surface area contributed by atoms with Crippen LogP contribution >= 0.6 is 0 Å². The Labute approximate surface area is 154 Å². The van der Waals surface area contributed by atoms with Crippen LogP contribution < -0.4 is 0 Å². The second-order valence-electron chi connectivity index (χ2n) is 7.25. The molecule has 4 nitrogen and oxygen atoms in total. The summed E-state index contributed by atoms with van der Waals surface area (Å²) in [6.45, 7) is 3.03. The SMILES string of the molecule is CCCCCCCCCCCCCCCC(CCOC=O)CC(=O)O. The minimum Gasteiger partial charge on any atom is -0.481 e. The highest BCUT2D eigenvalue weighted by molar-refractivity contribution is 5.66. The number of rotatable bonds is 20. The first kappa shape index (κ1) is 23.9. The molecule has 0 saturated carbocycles. The Morgan fingerprint density at radius 2 is 1.32 bits per heavy atom. The maximum Gasteiger partial charge on any atom is 0.303 e. The van der Waals surface area contributed by atoms with Gasteiger partial charge in [0.2, 0.25) is 0 Å². The van der Waals surface area contributed by atoms with Gasteiger partial charge in [0, 0.05) is 6.42 Å². The first-order chi connectivity index (χ1) is 12.2. The van der Waals surface area contributed by atoms with Gasteiger partial charge in [0.25, 0.3) is 6.47 Å². The van der Waals surface area contributed by atoms with Crippen molar-refractivity contribution >= 4 is 12.4 Å². The van der Waals surface area contributed by atoms with Crippen LogP contribution in [0.25, 0.3) is 0 Å². The molecular formula is C21H40O4. The zero-order valence-corrected chi connectivity index (χ0v) is 16.3. The minimum atomic E-state index is -0.759. The zero-order chi connectivity index (χ0) is 18.6. The Hall–Kier alpha value is -1.06. The van der Waals surface area contributed by atoms with Gasteiger partial charge in [0.05, 0.1) is 6.61 Å². The van der Waals surface area contributed by atoms with E-state index < -0.39 is 5.97 Å². The van der Waals surface area contributed by atoms with Gasteiger partial charge in [0.1, 0.15) is 0 Å². The Kier molecular flexibility index (Phi) is 18.5. The van der Waals surface area contributed by atoms with Gasteiger partial charge in [-0.05, 0) is 18.8 Å². The van der Waals surface area contributed by atoms with Crippen molar-refractivity contribution in [2.24, 2.45) is 5.92 Å². The molecule has 0 heterocycles. The number of carbonyl (C=O) groups is 2. The Morgan fingerprint density at radius 3 is 1.76 bits per heavy atom. The van der Waals surface area contributed by atoms with E-state index in [0.29, 0.717) is 19.5 Å². The van der Waals surface area contributed by atoms with E-state index in [1.165, 1.54) is 77.0 Å². The normalized spacial score (nSPS) is 12.0. The Morgan fingerprint density at radius 1 is 0.840 bits per heavy atom. The van der Waals surface area contributed by atoms with E-state index >= 15 is 0 Å². The van der Waals surface area contributed by atoms with Crippen LogP contribution in [0.3, 0.4) is 0 Å². The molecule has 0 bridgehead atoms. The molecule has 0 aliphatic heterocycles. The molecule has 0 aromatic heterocycles. The van der Waals surface area contributed by atoms with E-state index in [4.69, 9.17) is 9.84 Å². The van der Waals surface area contributed by atoms with Crippen molar-refractivity contribution in [3.8, 4) is 0 Å². The molecule has 0 aliphatic carbocycles. The van der Waals surface area contributed by atoms with Crippen LogP contribution in [0.15, 0.2) is 0 Å². The molecular weight excluding hydrogens is 316 g/mol. The summed E-state index contributed by atoms with van der Waals surface area (Å²) in [6.07, 6.45) is 19.0. The predicted molar refractivity (Wildman–Crippen MR) is 103 cm³/mol. The molecule has 4 heteroatoms. The van der Waals surface area contributed by atoms with Crippen LogP contribution in [-0.4, -0.2) is 24.2 Å². The molecule has 1 N–H and O–H groups in total. The zero-order valence-electron chi connectivity index (χ0n) is 16.3. The summed E-state index contributed by atoms with van der Waals surface area (Å²) in [6, 6.07) is 0. The first-order valence-corrected chi connectivity index (χ1v) is 10.5. The molecule has 0 rings (SSSR count). The van der Waals surface area contributed by atoms with Gasteiger partial charge in [-0.2, -0.15) is 0 Å². The quantitative estimate of drug-likeness (QED) is 0.211. The van der Waals surface area contributed by atoms with Gasteiger partial charge in [-0.1, -0.05) is 90.4 Å². The molecule has 1 atom stereocenters. The third kappa shape index (κ3) is 19.1.